The molecule has 60 heavy (non-hydrogen) atoms. The highest BCUT2D eigenvalue weighted by atomic mass is 15.2. The first-order chi connectivity index (χ1) is 29.8. The molecule has 1 spiro atoms. The standard InChI is InChI=1S/C57H39N3/c1-4-17-38(18-5-1)39-31-33-41(34-32-39)52-37-51(40-19-6-2-7-20-40)58-56(59-52)45-25-16-28-49-55(45)46-35-42-21-10-11-22-43(42)36-50(46)57(49)47-26-12-14-29-53(47)60(44-23-8-3-9-24-44)54-30-15-13-27-48(54)57/h1-37,56,59H. The number of nitrogens with zero attached hydrogens (tertiary/aromatic N) is 2. The zero-order valence-corrected chi connectivity index (χ0v) is 32.8. The Kier molecular flexibility index (Phi) is 7.82. The van der Waals surface area contributed by atoms with Gasteiger partial charge in [-0.15, -0.1) is 0 Å². The lowest BCUT2D eigenvalue weighted by Gasteiger charge is -2.45. The van der Waals surface area contributed by atoms with Gasteiger partial charge in [-0.1, -0.05) is 182 Å². The van der Waals surface area contributed by atoms with Gasteiger partial charge in [0.1, 0.15) is 6.17 Å². The molecular formula is C57H39N3. The molecule has 0 saturated heterocycles. The van der Waals surface area contributed by atoms with E-state index in [0.717, 1.165) is 33.8 Å². The van der Waals surface area contributed by atoms with Crippen LogP contribution >= 0.6 is 0 Å². The molecule has 0 radical (unpaired) electrons. The highest BCUT2D eigenvalue weighted by molar-refractivity contribution is 6.13. The molecular weight excluding hydrogens is 727 g/mol. The van der Waals surface area contributed by atoms with Crippen molar-refractivity contribution in [1.29, 1.82) is 0 Å². The Bertz CT molecular complexity index is 3120. The number of fused-ring (bicyclic) bond motifs is 10. The minimum Gasteiger partial charge on any atom is -0.359 e. The Balaban J connectivity index is 1.10. The summed E-state index contributed by atoms with van der Waals surface area (Å²) in [4.78, 5) is 8.01. The molecule has 1 N–H and O–H groups in total. The van der Waals surface area contributed by atoms with Crippen molar-refractivity contribution in [1.82, 2.24) is 5.32 Å². The predicted octanol–water partition coefficient (Wildman–Crippen LogP) is 13.8. The summed E-state index contributed by atoms with van der Waals surface area (Å²) in [6, 6.07) is 79.5. The molecule has 1 aliphatic carbocycles. The summed E-state index contributed by atoms with van der Waals surface area (Å²) in [6.07, 6.45) is 1.86. The third-order valence-electron chi connectivity index (χ3n) is 12.7. The fourth-order valence-electron chi connectivity index (χ4n) is 10.1. The van der Waals surface area contributed by atoms with Gasteiger partial charge in [-0.05, 0) is 109 Å². The molecule has 2 aliphatic heterocycles. The Hall–Kier alpha value is -7.75. The molecule has 1 atom stereocenters. The zero-order chi connectivity index (χ0) is 39.6. The van der Waals surface area contributed by atoms with E-state index in [1.165, 1.54) is 66.7 Å². The lowest BCUT2D eigenvalue weighted by molar-refractivity contribution is 0.663. The summed E-state index contributed by atoms with van der Waals surface area (Å²) in [5.74, 6) is 0. The quantitative estimate of drug-likeness (QED) is 0.189. The van der Waals surface area contributed by atoms with Gasteiger partial charge >= 0.3 is 0 Å². The molecule has 9 aromatic carbocycles. The number of aliphatic imine (C=N–C) groups is 1. The van der Waals surface area contributed by atoms with Gasteiger partial charge in [-0.2, -0.15) is 0 Å². The Morgan fingerprint density at radius 1 is 0.433 bits per heavy atom. The van der Waals surface area contributed by atoms with Crippen molar-refractivity contribution in [2.75, 3.05) is 4.90 Å². The van der Waals surface area contributed by atoms with E-state index < -0.39 is 5.41 Å². The van der Waals surface area contributed by atoms with E-state index in [1.807, 2.05) is 0 Å². The van der Waals surface area contributed by atoms with Crippen molar-refractivity contribution >= 4 is 39.2 Å². The molecule has 3 nitrogen and oxygen atoms in total. The number of allylic oxidation sites excluding steroid dienone is 1. The van der Waals surface area contributed by atoms with E-state index in [0.29, 0.717) is 0 Å². The van der Waals surface area contributed by atoms with E-state index in [1.54, 1.807) is 0 Å². The van der Waals surface area contributed by atoms with Gasteiger partial charge in [0.25, 0.3) is 0 Å². The van der Waals surface area contributed by atoms with Crippen LogP contribution < -0.4 is 10.2 Å². The molecule has 0 fully saturated rings. The van der Waals surface area contributed by atoms with Crippen LogP contribution in [0.25, 0.3) is 38.7 Å². The molecule has 0 aromatic heterocycles. The first-order valence-electron chi connectivity index (χ1n) is 20.7. The topological polar surface area (TPSA) is 27.6 Å². The Morgan fingerprint density at radius 2 is 0.967 bits per heavy atom. The van der Waals surface area contributed by atoms with Gasteiger partial charge in [-0.3, -0.25) is 4.99 Å². The molecule has 9 aromatic rings. The first kappa shape index (κ1) is 34.3. The normalized spacial score (nSPS) is 15.6. The van der Waals surface area contributed by atoms with Crippen molar-refractivity contribution in [2.45, 2.75) is 11.6 Å². The van der Waals surface area contributed by atoms with Gasteiger partial charge < -0.3 is 10.2 Å². The van der Waals surface area contributed by atoms with Crippen molar-refractivity contribution in [3.63, 3.8) is 0 Å². The highest BCUT2D eigenvalue weighted by Gasteiger charge is 2.52. The summed E-state index contributed by atoms with van der Waals surface area (Å²) >= 11 is 0. The average Bonchev–Trinajstić information content (AvgIpc) is 3.61. The largest absolute Gasteiger partial charge is 0.359 e. The summed E-state index contributed by atoms with van der Waals surface area (Å²) in [7, 11) is 0. The Morgan fingerprint density at radius 3 is 1.65 bits per heavy atom. The van der Waals surface area contributed by atoms with Crippen LogP contribution in [-0.2, 0) is 5.41 Å². The molecule has 282 valence electrons. The zero-order valence-electron chi connectivity index (χ0n) is 32.8. The molecule has 3 heteroatoms. The fourth-order valence-corrected chi connectivity index (χ4v) is 10.1. The second-order valence-corrected chi connectivity index (χ2v) is 15.9. The second kappa shape index (κ2) is 13.7. The third-order valence-corrected chi connectivity index (χ3v) is 12.7. The van der Waals surface area contributed by atoms with Crippen LogP contribution in [0, 0.1) is 0 Å². The van der Waals surface area contributed by atoms with Gasteiger partial charge in [0.2, 0.25) is 0 Å². The fraction of sp³-hybridized carbons (Fsp3) is 0.0351. The smallest absolute Gasteiger partial charge is 0.146 e. The van der Waals surface area contributed by atoms with E-state index in [9.17, 15) is 0 Å². The van der Waals surface area contributed by atoms with E-state index in [2.05, 4.69) is 235 Å². The lowest BCUT2D eigenvalue weighted by atomic mass is 9.64. The minimum atomic E-state index is -0.588. The summed E-state index contributed by atoms with van der Waals surface area (Å²) in [5, 5.41) is 6.42. The van der Waals surface area contributed by atoms with Crippen molar-refractivity contribution in [3.8, 4) is 22.3 Å². The highest BCUT2D eigenvalue weighted by Crippen LogP contribution is 2.64. The SMILES string of the molecule is C1=C(c2ccc(-c3ccccc3)cc2)NC(c2cccc3c2-c2cc4ccccc4cc2C32c3ccccc3N(c3ccccc3)c3ccccc32)N=C1c1ccccc1. The molecule has 0 amide bonds. The summed E-state index contributed by atoms with van der Waals surface area (Å²) in [5.41, 5.74) is 18.3. The molecule has 2 heterocycles. The van der Waals surface area contributed by atoms with Crippen LogP contribution in [0.2, 0.25) is 0 Å². The van der Waals surface area contributed by atoms with Gasteiger partial charge in [0, 0.05) is 16.9 Å². The summed E-state index contributed by atoms with van der Waals surface area (Å²) < 4.78 is 0. The maximum atomic E-state index is 5.57. The molecule has 0 saturated carbocycles. The molecule has 3 aliphatic rings. The van der Waals surface area contributed by atoms with Gasteiger partial charge in [-0.25, -0.2) is 0 Å². The minimum absolute atomic E-state index is 0.353. The second-order valence-electron chi connectivity index (χ2n) is 15.9. The number of hydrogen-bond acceptors (Lipinski definition) is 3. The van der Waals surface area contributed by atoms with Crippen LogP contribution in [0.5, 0.6) is 0 Å². The van der Waals surface area contributed by atoms with Crippen LogP contribution in [0.1, 0.15) is 45.1 Å². The van der Waals surface area contributed by atoms with E-state index in [4.69, 9.17) is 4.99 Å². The first-order valence-corrected chi connectivity index (χ1v) is 20.7. The number of rotatable bonds is 5. The molecule has 0 bridgehead atoms. The number of anilines is 3. The number of hydrogen-bond donors (Lipinski definition) is 1. The predicted molar refractivity (Wildman–Crippen MR) is 248 cm³/mol. The number of nitrogens with one attached hydrogen (secondary N) is 1. The maximum Gasteiger partial charge on any atom is 0.146 e. The molecule has 12 rings (SSSR count). The summed E-state index contributed by atoms with van der Waals surface area (Å²) in [6.45, 7) is 0. The van der Waals surface area contributed by atoms with E-state index >= 15 is 0 Å². The number of para-hydroxylation sites is 3. The lowest BCUT2D eigenvalue weighted by Crippen LogP contribution is -2.36. The van der Waals surface area contributed by atoms with Crippen LogP contribution in [0.15, 0.2) is 229 Å². The van der Waals surface area contributed by atoms with Gasteiger partial charge in [0.05, 0.1) is 22.5 Å². The average molecular weight is 766 g/mol. The maximum absolute atomic E-state index is 5.57. The Labute approximate surface area is 350 Å². The van der Waals surface area contributed by atoms with Crippen molar-refractivity contribution in [3.05, 3.63) is 263 Å². The monoisotopic (exact) mass is 765 g/mol. The van der Waals surface area contributed by atoms with Crippen molar-refractivity contribution < 1.29 is 0 Å². The van der Waals surface area contributed by atoms with Crippen LogP contribution in [0.3, 0.4) is 0 Å². The van der Waals surface area contributed by atoms with Gasteiger partial charge in [0.15, 0.2) is 0 Å². The van der Waals surface area contributed by atoms with Crippen LogP contribution in [-0.4, -0.2) is 5.71 Å². The van der Waals surface area contributed by atoms with E-state index in [-0.39, 0.29) is 6.17 Å². The van der Waals surface area contributed by atoms with Crippen LogP contribution in [0.4, 0.5) is 17.1 Å². The van der Waals surface area contributed by atoms with Crippen molar-refractivity contribution in [2.24, 2.45) is 4.99 Å². The molecule has 1 unspecified atom stereocenters. The third kappa shape index (κ3) is 5.19. The number of benzene rings is 9.